The summed E-state index contributed by atoms with van der Waals surface area (Å²) >= 11 is 5.85. The Bertz CT molecular complexity index is 492. The molecule has 3 nitrogen and oxygen atoms in total. The molecule has 18 heavy (non-hydrogen) atoms. The van der Waals surface area contributed by atoms with Gasteiger partial charge in [-0.25, -0.2) is 4.98 Å². The minimum atomic E-state index is 0.671. The first-order chi connectivity index (χ1) is 8.83. The average molecular weight is 262 g/mol. The van der Waals surface area contributed by atoms with E-state index in [4.69, 9.17) is 11.6 Å². The van der Waals surface area contributed by atoms with Gasteiger partial charge in [0.1, 0.15) is 0 Å². The summed E-state index contributed by atoms with van der Waals surface area (Å²) < 4.78 is 0. The summed E-state index contributed by atoms with van der Waals surface area (Å²) in [6, 6.07) is 8.00. The van der Waals surface area contributed by atoms with Crippen LogP contribution in [0.3, 0.4) is 0 Å². The van der Waals surface area contributed by atoms with E-state index in [-0.39, 0.29) is 0 Å². The van der Waals surface area contributed by atoms with Crippen LogP contribution in [0.5, 0.6) is 0 Å². The van der Waals surface area contributed by atoms with E-state index in [9.17, 15) is 0 Å². The Morgan fingerprint density at radius 2 is 2.17 bits per heavy atom. The zero-order valence-electron chi connectivity index (χ0n) is 10.1. The summed E-state index contributed by atoms with van der Waals surface area (Å²) in [5.41, 5.74) is 2.55. The van der Waals surface area contributed by atoms with Crippen molar-refractivity contribution < 1.29 is 0 Å². The maximum absolute atomic E-state index is 5.85. The molecule has 1 fully saturated rings. The Morgan fingerprint density at radius 3 is 2.89 bits per heavy atom. The summed E-state index contributed by atoms with van der Waals surface area (Å²) in [5, 5.41) is 4.29. The Morgan fingerprint density at radius 1 is 1.33 bits per heavy atom. The lowest BCUT2D eigenvalue weighted by Gasteiger charge is -2.04. The van der Waals surface area contributed by atoms with Gasteiger partial charge in [0, 0.05) is 29.4 Å². The van der Waals surface area contributed by atoms with E-state index in [1.54, 1.807) is 6.33 Å². The first-order valence-electron chi connectivity index (χ1n) is 6.26. The molecule has 0 unspecified atom stereocenters. The first kappa shape index (κ1) is 11.8. The number of rotatable bonds is 5. The van der Waals surface area contributed by atoms with Crippen LogP contribution in [0, 0.1) is 5.92 Å². The number of nitrogens with zero attached hydrogens (tertiary/aromatic N) is 1. The second-order valence-electron chi connectivity index (χ2n) is 4.87. The summed E-state index contributed by atoms with van der Waals surface area (Å²) in [5.74, 6) is 1.42. The number of benzene rings is 1. The molecule has 2 N–H and O–H groups in total. The van der Waals surface area contributed by atoms with Gasteiger partial charge >= 0.3 is 0 Å². The molecular weight excluding hydrogens is 246 g/mol. The number of hydrogen-bond acceptors (Lipinski definition) is 2. The van der Waals surface area contributed by atoms with Crippen LogP contribution in [0.1, 0.15) is 23.6 Å². The third-order valence-corrected chi connectivity index (χ3v) is 3.74. The Labute approximate surface area is 112 Å². The van der Waals surface area contributed by atoms with Crippen molar-refractivity contribution in [1.29, 1.82) is 0 Å². The van der Waals surface area contributed by atoms with Crippen molar-refractivity contribution in [3.8, 4) is 0 Å². The second kappa shape index (κ2) is 5.12. The lowest BCUT2D eigenvalue weighted by molar-refractivity contribution is 0.625. The summed E-state index contributed by atoms with van der Waals surface area (Å²) in [6.07, 6.45) is 4.95. The highest BCUT2D eigenvalue weighted by atomic mass is 35.5. The third-order valence-electron chi connectivity index (χ3n) is 3.49. The highest BCUT2D eigenvalue weighted by Gasteiger charge is 2.38. The number of H-pyrrole nitrogens is 1. The molecule has 1 heterocycles. The quantitative estimate of drug-likeness (QED) is 0.869. The zero-order chi connectivity index (χ0) is 12.4. The maximum Gasteiger partial charge on any atom is 0.0921 e. The van der Waals surface area contributed by atoms with Crippen molar-refractivity contribution >= 4 is 11.6 Å². The molecule has 4 heteroatoms. The van der Waals surface area contributed by atoms with Crippen molar-refractivity contribution in [3.63, 3.8) is 0 Å². The minimum absolute atomic E-state index is 0.671. The summed E-state index contributed by atoms with van der Waals surface area (Å²) in [6.45, 7) is 1.97. The molecule has 0 amide bonds. The number of imidazole rings is 1. The Balaban J connectivity index is 1.42. The van der Waals surface area contributed by atoms with Crippen LogP contribution in [0.4, 0.5) is 0 Å². The fourth-order valence-electron chi connectivity index (χ4n) is 2.33. The number of halogens is 1. The molecule has 0 bridgehead atoms. The van der Waals surface area contributed by atoms with Crippen LogP contribution in [0.25, 0.3) is 0 Å². The van der Waals surface area contributed by atoms with Gasteiger partial charge in [-0.1, -0.05) is 23.7 Å². The minimum Gasteiger partial charge on any atom is -0.348 e. The van der Waals surface area contributed by atoms with Gasteiger partial charge in [0.25, 0.3) is 0 Å². The van der Waals surface area contributed by atoms with E-state index in [0.717, 1.165) is 24.0 Å². The SMILES string of the molecule is Clc1ccc(CNC[C@H]2C[C@H]2c2cnc[nH]2)cc1. The van der Waals surface area contributed by atoms with Crippen molar-refractivity contribution in [2.75, 3.05) is 6.54 Å². The number of aromatic amines is 1. The smallest absolute Gasteiger partial charge is 0.0921 e. The largest absolute Gasteiger partial charge is 0.348 e. The van der Waals surface area contributed by atoms with E-state index in [2.05, 4.69) is 27.4 Å². The second-order valence-corrected chi connectivity index (χ2v) is 5.30. The van der Waals surface area contributed by atoms with Gasteiger partial charge in [-0.3, -0.25) is 0 Å². The van der Waals surface area contributed by atoms with E-state index in [1.165, 1.54) is 17.7 Å². The molecule has 0 saturated heterocycles. The zero-order valence-corrected chi connectivity index (χ0v) is 10.8. The van der Waals surface area contributed by atoms with Crippen LogP contribution in [0.15, 0.2) is 36.8 Å². The van der Waals surface area contributed by atoms with Gasteiger partial charge in [0.2, 0.25) is 0 Å². The van der Waals surface area contributed by atoms with Crippen LogP contribution in [-0.4, -0.2) is 16.5 Å². The third kappa shape index (κ3) is 2.74. The first-order valence-corrected chi connectivity index (χ1v) is 6.64. The fraction of sp³-hybridized carbons (Fsp3) is 0.357. The Kier molecular flexibility index (Phi) is 3.35. The molecule has 1 aliphatic carbocycles. The lowest BCUT2D eigenvalue weighted by Crippen LogP contribution is -2.16. The van der Waals surface area contributed by atoms with Gasteiger partial charge in [-0.15, -0.1) is 0 Å². The van der Waals surface area contributed by atoms with E-state index >= 15 is 0 Å². The van der Waals surface area contributed by atoms with E-state index < -0.39 is 0 Å². The van der Waals surface area contributed by atoms with Gasteiger partial charge in [-0.2, -0.15) is 0 Å². The molecule has 2 atom stereocenters. The van der Waals surface area contributed by atoms with Gasteiger partial charge < -0.3 is 10.3 Å². The molecule has 0 radical (unpaired) electrons. The van der Waals surface area contributed by atoms with Crippen LogP contribution >= 0.6 is 11.6 Å². The maximum atomic E-state index is 5.85. The highest BCUT2D eigenvalue weighted by molar-refractivity contribution is 6.30. The molecule has 1 saturated carbocycles. The molecule has 2 aromatic rings. The molecule has 94 valence electrons. The van der Waals surface area contributed by atoms with Gasteiger partial charge in [0.15, 0.2) is 0 Å². The Hall–Kier alpha value is -1.32. The molecule has 1 aromatic heterocycles. The molecule has 3 rings (SSSR count). The van der Waals surface area contributed by atoms with Crippen LogP contribution in [0.2, 0.25) is 5.02 Å². The highest BCUT2D eigenvalue weighted by Crippen LogP contribution is 2.45. The summed E-state index contributed by atoms with van der Waals surface area (Å²) in [4.78, 5) is 7.26. The molecule has 0 aliphatic heterocycles. The standard InChI is InChI=1S/C14H16ClN3/c15-12-3-1-10(2-4-12)6-16-7-11-5-13(11)14-8-17-9-18-14/h1-4,8-9,11,13,16H,5-7H2,(H,17,18)/t11-,13-/m1/s1. The van der Waals surface area contributed by atoms with Gasteiger partial charge in [-0.05, 0) is 36.6 Å². The fourth-order valence-corrected chi connectivity index (χ4v) is 2.45. The number of hydrogen-bond donors (Lipinski definition) is 2. The summed E-state index contributed by atoms with van der Waals surface area (Å²) in [7, 11) is 0. The predicted molar refractivity (Wildman–Crippen MR) is 72.6 cm³/mol. The normalized spacial score (nSPS) is 22.1. The van der Waals surface area contributed by atoms with Gasteiger partial charge in [0.05, 0.1) is 6.33 Å². The predicted octanol–water partition coefficient (Wildman–Crippen LogP) is 2.96. The number of nitrogens with one attached hydrogen (secondary N) is 2. The molecule has 1 aliphatic rings. The molecule has 0 spiro atoms. The average Bonchev–Trinajstić information content (AvgIpc) is 2.94. The van der Waals surface area contributed by atoms with Crippen LogP contribution in [-0.2, 0) is 6.54 Å². The lowest BCUT2D eigenvalue weighted by atomic mass is 10.2. The van der Waals surface area contributed by atoms with Crippen LogP contribution < -0.4 is 5.32 Å². The van der Waals surface area contributed by atoms with E-state index in [0.29, 0.717) is 5.92 Å². The molecular formula is C14H16ClN3. The van der Waals surface area contributed by atoms with Crippen molar-refractivity contribution in [1.82, 2.24) is 15.3 Å². The molecule has 1 aromatic carbocycles. The van der Waals surface area contributed by atoms with Crippen molar-refractivity contribution in [2.24, 2.45) is 5.92 Å². The topological polar surface area (TPSA) is 40.7 Å². The number of aromatic nitrogens is 2. The van der Waals surface area contributed by atoms with Crippen molar-refractivity contribution in [2.45, 2.75) is 18.9 Å². The van der Waals surface area contributed by atoms with Crippen molar-refractivity contribution in [3.05, 3.63) is 53.1 Å². The van der Waals surface area contributed by atoms with E-state index in [1.807, 2.05) is 18.3 Å². The monoisotopic (exact) mass is 261 g/mol.